The Morgan fingerprint density at radius 2 is 1.30 bits per heavy atom. The Hall–Kier alpha value is -3.60. The summed E-state index contributed by atoms with van der Waals surface area (Å²) < 4.78 is 11.9. The van der Waals surface area contributed by atoms with Crippen LogP contribution in [-0.2, 0) is 6.61 Å². The number of carboxylic acid groups (broad SMARTS) is 1. The van der Waals surface area contributed by atoms with E-state index in [4.69, 9.17) is 9.47 Å². The van der Waals surface area contributed by atoms with Crippen molar-refractivity contribution in [3.8, 4) is 11.5 Å². The fraction of sp³-hybridized carbons (Fsp3) is 0.286. The van der Waals surface area contributed by atoms with E-state index in [0.29, 0.717) is 40.2 Å². The smallest absolute Gasteiger partial charge is 0.344 e. The van der Waals surface area contributed by atoms with E-state index >= 15 is 0 Å². The summed E-state index contributed by atoms with van der Waals surface area (Å²) in [5.74, 6) is -0.297. The maximum atomic E-state index is 13.3. The monoisotopic (exact) mass is 446 g/mol. The van der Waals surface area contributed by atoms with Gasteiger partial charge < -0.3 is 14.6 Å². The van der Waals surface area contributed by atoms with Crippen LogP contribution in [0.3, 0.4) is 0 Å². The first kappa shape index (κ1) is 24.1. The molecular weight excluding hydrogens is 416 g/mol. The molecule has 5 nitrogen and oxygen atoms in total. The minimum Gasteiger partial charge on any atom is -0.489 e. The molecule has 0 aromatic heterocycles. The van der Waals surface area contributed by atoms with E-state index in [1.54, 1.807) is 27.7 Å². The highest BCUT2D eigenvalue weighted by Crippen LogP contribution is 2.35. The summed E-state index contributed by atoms with van der Waals surface area (Å²) in [7, 11) is 0. The van der Waals surface area contributed by atoms with Crippen molar-refractivity contribution in [2.24, 2.45) is 0 Å². The number of carbonyl (C=O) groups excluding carboxylic acids is 1. The van der Waals surface area contributed by atoms with Gasteiger partial charge >= 0.3 is 11.9 Å². The van der Waals surface area contributed by atoms with Gasteiger partial charge in [0.2, 0.25) is 0 Å². The highest BCUT2D eigenvalue weighted by molar-refractivity contribution is 5.96. The first-order valence-corrected chi connectivity index (χ1v) is 10.9. The minimum atomic E-state index is -0.984. The van der Waals surface area contributed by atoms with Crippen LogP contribution in [0.2, 0.25) is 0 Å². The molecule has 0 amide bonds. The van der Waals surface area contributed by atoms with Crippen LogP contribution in [0.1, 0.15) is 65.2 Å². The van der Waals surface area contributed by atoms with Gasteiger partial charge in [-0.3, -0.25) is 0 Å². The van der Waals surface area contributed by atoms with Gasteiger partial charge in [-0.25, -0.2) is 9.59 Å². The van der Waals surface area contributed by atoms with Gasteiger partial charge in [-0.05, 0) is 99.0 Å². The number of ether oxygens (including phenoxy) is 2. The number of rotatable bonds is 6. The van der Waals surface area contributed by atoms with E-state index in [2.05, 4.69) is 0 Å². The lowest BCUT2D eigenvalue weighted by molar-refractivity contribution is 0.0694. The van der Waals surface area contributed by atoms with Gasteiger partial charge in [-0.15, -0.1) is 0 Å². The number of hydrogen-bond acceptors (Lipinski definition) is 4. The van der Waals surface area contributed by atoms with Gasteiger partial charge in [0.25, 0.3) is 0 Å². The SMILES string of the molecule is Cc1cc(OCc2ccccc2)c(C)c(C)c1C(=O)Oc1c(C)c(C)c(C(=O)O)c(C)c1C. The molecule has 5 heteroatoms. The van der Waals surface area contributed by atoms with Gasteiger partial charge in [0, 0.05) is 0 Å². The summed E-state index contributed by atoms with van der Waals surface area (Å²) in [6, 6.07) is 11.8. The van der Waals surface area contributed by atoms with Crippen molar-refractivity contribution in [2.45, 2.75) is 55.1 Å². The Bertz CT molecular complexity index is 1210. The van der Waals surface area contributed by atoms with E-state index in [0.717, 1.165) is 28.0 Å². The molecule has 0 aliphatic rings. The molecule has 0 heterocycles. The number of carboxylic acids is 1. The Morgan fingerprint density at radius 1 is 0.758 bits per heavy atom. The van der Waals surface area contributed by atoms with Crippen LogP contribution in [0.25, 0.3) is 0 Å². The first-order valence-electron chi connectivity index (χ1n) is 10.9. The quantitative estimate of drug-likeness (QED) is 0.353. The predicted molar refractivity (Wildman–Crippen MR) is 129 cm³/mol. The second-order valence-electron chi connectivity index (χ2n) is 8.49. The van der Waals surface area contributed by atoms with Crippen molar-refractivity contribution in [2.75, 3.05) is 0 Å². The average Bonchev–Trinajstić information content (AvgIpc) is 2.77. The highest BCUT2D eigenvalue weighted by Gasteiger charge is 2.24. The van der Waals surface area contributed by atoms with Crippen molar-refractivity contribution in [3.63, 3.8) is 0 Å². The molecular formula is C28H30O5. The van der Waals surface area contributed by atoms with E-state index in [1.165, 1.54) is 0 Å². The lowest BCUT2D eigenvalue weighted by Crippen LogP contribution is -2.17. The van der Waals surface area contributed by atoms with Crippen LogP contribution in [0.5, 0.6) is 11.5 Å². The van der Waals surface area contributed by atoms with Gasteiger partial charge in [-0.2, -0.15) is 0 Å². The summed E-state index contributed by atoms with van der Waals surface area (Å²) in [6.45, 7) is 13.2. The third kappa shape index (κ3) is 4.63. The van der Waals surface area contributed by atoms with Crippen LogP contribution in [0.4, 0.5) is 0 Å². The van der Waals surface area contributed by atoms with Crippen LogP contribution >= 0.6 is 0 Å². The molecule has 0 radical (unpaired) electrons. The zero-order valence-corrected chi connectivity index (χ0v) is 20.3. The second kappa shape index (κ2) is 9.49. The standard InChI is InChI=1S/C28H30O5/c1-15-13-23(32-14-22-11-9-8-10-12-22)16(2)17(3)24(15)28(31)33-26-20(6)18(4)25(27(29)30)19(5)21(26)7/h8-13H,14H2,1-7H3,(H,29,30). The van der Waals surface area contributed by atoms with Gasteiger partial charge in [0.15, 0.2) is 0 Å². The third-order valence-corrected chi connectivity index (χ3v) is 6.46. The molecule has 3 aromatic rings. The van der Waals surface area contributed by atoms with Crippen LogP contribution in [-0.4, -0.2) is 17.0 Å². The zero-order chi connectivity index (χ0) is 24.4. The molecule has 3 rings (SSSR count). The normalized spacial score (nSPS) is 10.8. The number of aryl methyl sites for hydroxylation is 1. The lowest BCUT2D eigenvalue weighted by atomic mass is 9.93. The molecule has 0 saturated heterocycles. The molecule has 0 fully saturated rings. The van der Waals surface area contributed by atoms with Crippen LogP contribution in [0, 0.1) is 48.5 Å². The molecule has 0 aliphatic carbocycles. The van der Waals surface area contributed by atoms with Crippen molar-refractivity contribution in [1.82, 2.24) is 0 Å². The van der Waals surface area contributed by atoms with Gasteiger partial charge in [0.1, 0.15) is 18.1 Å². The number of hydrogen-bond donors (Lipinski definition) is 1. The molecule has 0 spiro atoms. The molecule has 33 heavy (non-hydrogen) atoms. The molecule has 0 atom stereocenters. The Morgan fingerprint density at radius 3 is 1.85 bits per heavy atom. The van der Waals surface area contributed by atoms with E-state index in [9.17, 15) is 14.7 Å². The molecule has 0 saturated carbocycles. The van der Waals surface area contributed by atoms with Crippen LogP contribution in [0.15, 0.2) is 36.4 Å². The van der Waals surface area contributed by atoms with Gasteiger partial charge in [0.05, 0.1) is 11.1 Å². The highest BCUT2D eigenvalue weighted by atomic mass is 16.5. The molecule has 0 bridgehead atoms. The maximum absolute atomic E-state index is 13.3. The topological polar surface area (TPSA) is 72.8 Å². The number of carbonyl (C=O) groups is 2. The van der Waals surface area contributed by atoms with Crippen molar-refractivity contribution in [1.29, 1.82) is 0 Å². The fourth-order valence-electron chi connectivity index (χ4n) is 4.14. The number of aromatic carboxylic acids is 1. The van der Waals surface area contributed by atoms with Gasteiger partial charge in [-0.1, -0.05) is 30.3 Å². The zero-order valence-electron chi connectivity index (χ0n) is 20.3. The molecule has 172 valence electrons. The summed E-state index contributed by atoms with van der Waals surface area (Å²) in [6.07, 6.45) is 0. The molecule has 1 N–H and O–H groups in total. The molecule has 0 unspecified atom stereocenters. The Kier molecular flexibility index (Phi) is 6.92. The summed E-state index contributed by atoms with van der Waals surface area (Å²) in [5, 5.41) is 9.57. The minimum absolute atomic E-state index is 0.257. The van der Waals surface area contributed by atoms with E-state index < -0.39 is 11.9 Å². The average molecular weight is 447 g/mol. The molecule has 3 aromatic carbocycles. The van der Waals surface area contributed by atoms with Crippen LogP contribution < -0.4 is 9.47 Å². The predicted octanol–water partition coefficient (Wildman–Crippen LogP) is 6.34. The largest absolute Gasteiger partial charge is 0.489 e. The first-order chi connectivity index (χ1) is 15.5. The fourth-order valence-corrected chi connectivity index (χ4v) is 4.14. The third-order valence-electron chi connectivity index (χ3n) is 6.46. The lowest BCUT2D eigenvalue weighted by Gasteiger charge is -2.20. The van der Waals surface area contributed by atoms with Crippen molar-refractivity contribution >= 4 is 11.9 Å². The Balaban J connectivity index is 1.94. The number of esters is 1. The van der Waals surface area contributed by atoms with E-state index in [-0.39, 0.29) is 5.56 Å². The summed E-state index contributed by atoms with van der Waals surface area (Å²) in [4.78, 5) is 25.0. The maximum Gasteiger partial charge on any atom is 0.344 e. The summed E-state index contributed by atoms with van der Waals surface area (Å²) >= 11 is 0. The second-order valence-corrected chi connectivity index (χ2v) is 8.49. The number of benzene rings is 3. The Labute approximate surface area is 195 Å². The summed E-state index contributed by atoms with van der Waals surface area (Å²) in [5.41, 5.74) is 6.76. The van der Waals surface area contributed by atoms with Crippen molar-refractivity contribution in [3.05, 3.63) is 92.0 Å². The molecule has 0 aliphatic heterocycles. The van der Waals surface area contributed by atoms with Crippen molar-refractivity contribution < 1.29 is 24.2 Å². The van der Waals surface area contributed by atoms with E-state index in [1.807, 2.05) is 57.2 Å².